The third-order valence-corrected chi connectivity index (χ3v) is 5.66. The lowest BCUT2D eigenvalue weighted by Gasteiger charge is -2.42. The van der Waals surface area contributed by atoms with Crippen molar-refractivity contribution in [3.63, 3.8) is 0 Å². The van der Waals surface area contributed by atoms with E-state index in [2.05, 4.69) is 40.7 Å². The van der Waals surface area contributed by atoms with Crippen molar-refractivity contribution in [2.75, 3.05) is 19.6 Å². The number of hydrogen-bond acceptors (Lipinski definition) is 3. The van der Waals surface area contributed by atoms with Crippen LogP contribution in [-0.4, -0.2) is 58.7 Å². The number of fused-ring (bicyclic) bond motifs is 1. The summed E-state index contributed by atoms with van der Waals surface area (Å²) in [5, 5.41) is 16.1. The lowest BCUT2D eigenvalue weighted by Crippen LogP contribution is -2.56. The predicted molar refractivity (Wildman–Crippen MR) is 110 cm³/mol. The fraction of sp³-hybridized carbons (Fsp3) is 0.524. The van der Waals surface area contributed by atoms with Gasteiger partial charge in [0.25, 0.3) is 0 Å². The zero-order valence-electron chi connectivity index (χ0n) is 16.6. The number of H-pyrrole nitrogens is 1. The molecule has 1 aromatic carbocycles. The second kappa shape index (κ2) is 9.10. The Balaban J connectivity index is 1.41. The number of hydrogen-bond donors (Lipinski definition) is 4. The van der Waals surface area contributed by atoms with Gasteiger partial charge in [0.15, 0.2) is 0 Å². The number of amides is 2. The number of aromatic nitrogens is 1. The first kappa shape index (κ1) is 20.2. The van der Waals surface area contributed by atoms with Crippen LogP contribution in [0.1, 0.15) is 37.8 Å². The summed E-state index contributed by atoms with van der Waals surface area (Å²) in [6.07, 6.45) is 5.40. The van der Waals surface area contributed by atoms with Crippen LogP contribution in [0.5, 0.6) is 0 Å². The Hall–Kier alpha value is -2.54. The molecule has 1 aromatic heterocycles. The molecule has 1 heterocycles. The number of carbonyl (C=O) groups is 2. The highest BCUT2D eigenvalue weighted by Crippen LogP contribution is 2.25. The third kappa shape index (κ3) is 4.65. The number of carbonyl (C=O) groups excluding carboxylic acids is 1. The number of aryl methyl sites for hydroxylation is 1. The Bertz CT molecular complexity index is 826. The van der Waals surface area contributed by atoms with Gasteiger partial charge in [0.2, 0.25) is 0 Å². The van der Waals surface area contributed by atoms with Crippen LogP contribution in [0.25, 0.3) is 10.9 Å². The molecule has 28 heavy (non-hydrogen) atoms. The maximum absolute atomic E-state index is 12.1. The summed E-state index contributed by atoms with van der Waals surface area (Å²) in [6.45, 7) is 5.45. The Morgan fingerprint density at radius 3 is 2.71 bits per heavy atom. The minimum Gasteiger partial charge on any atom is -0.480 e. The van der Waals surface area contributed by atoms with Gasteiger partial charge in [0.05, 0.1) is 6.54 Å². The molecule has 1 aliphatic rings. The first-order valence-electron chi connectivity index (χ1n) is 10.1. The van der Waals surface area contributed by atoms with Crippen molar-refractivity contribution in [3.05, 3.63) is 35.5 Å². The molecule has 0 spiro atoms. The second-order valence-electron chi connectivity index (χ2n) is 7.44. The van der Waals surface area contributed by atoms with Gasteiger partial charge in [-0.15, -0.1) is 0 Å². The van der Waals surface area contributed by atoms with Gasteiger partial charge in [-0.25, -0.2) is 4.79 Å². The average molecular weight is 386 g/mol. The monoisotopic (exact) mass is 386 g/mol. The first-order valence-corrected chi connectivity index (χ1v) is 10.1. The molecule has 3 rings (SSSR count). The highest BCUT2D eigenvalue weighted by atomic mass is 16.4. The Kier molecular flexibility index (Phi) is 6.57. The van der Waals surface area contributed by atoms with Crippen molar-refractivity contribution in [2.45, 2.75) is 51.6 Å². The molecule has 0 atom stereocenters. The summed E-state index contributed by atoms with van der Waals surface area (Å²) in [4.78, 5) is 28.3. The number of carboxylic acids is 1. The standard InChI is InChI=1S/C21H30N4O3/c1-3-14-6-5-7-18-15(12-23-20(14)18)8-9-22-21(28)24-16-10-17(11-16)25(4-2)13-19(26)27/h5-7,12,16-17,23H,3-4,8-11,13H2,1-2H3,(H,26,27)(H2,22,24,28). The van der Waals surface area contributed by atoms with Crippen LogP contribution in [0.2, 0.25) is 0 Å². The molecule has 0 radical (unpaired) electrons. The minimum atomic E-state index is -0.806. The molecule has 2 aromatic rings. The number of benzene rings is 1. The maximum atomic E-state index is 12.1. The van der Waals surface area contributed by atoms with Crippen LogP contribution in [0.3, 0.4) is 0 Å². The fourth-order valence-corrected chi connectivity index (χ4v) is 4.00. The SMILES string of the molecule is CCc1cccc2c(CCNC(=O)NC3CC(N(CC)CC(=O)O)C3)c[nH]c12. The zero-order valence-corrected chi connectivity index (χ0v) is 16.6. The highest BCUT2D eigenvalue weighted by molar-refractivity contribution is 5.86. The van der Waals surface area contributed by atoms with Gasteiger partial charge in [0, 0.05) is 35.7 Å². The van der Waals surface area contributed by atoms with Crippen LogP contribution in [-0.2, 0) is 17.6 Å². The quantitative estimate of drug-likeness (QED) is 0.532. The van der Waals surface area contributed by atoms with Crippen LogP contribution in [0.4, 0.5) is 4.79 Å². The molecule has 1 fully saturated rings. The Morgan fingerprint density at radius 1 is 1.25 bits per heavy atom. The number of rotatable bonds is 9. The summed E-state index contributed by atoms with van der Waals surface area (Å²) in [7, 11) is 0. The predicted octanol–water partition coefficient (Wildman–Crippen LogP) is 2.51. The largest absolute Gasteiger partial charge is 0.480 e. The average Bonchev–Trinajstić information content (AvgIpc) is 3.06. The normalized spacial score (nSPS) is 18.8. The molecule has 0 aliphatic heterocycles. The summed E-state index contributed by atoms with van der Waals surface area (Å²) in [5.74, 6) is -0.806. The molecule has 0 saturated heterocycles. The fourth-order valence-electron chi connectivity index (χ4n) is 4.00. The van der Waals surface area contributed by atoms with Crippen molar-refractivity contribution in [1.29, 1.82) is 0 Å². The number of nitrogens with zero attached hydrogens (tertiary/aromatic N) is 1. The highest BCUT2D eigenvalue weighted by Gasteiger charge is 2.34. The van der Waals surface area contributed by atoms with Crippen LogP contribution >= 0.6 is 0 Å². The molecule has 7 heteroatoms. The van der Waals surface area contributed by atoms with Crippen molar-refractivity contribution in [1.82, 2.24) is 20.5 Å². The van der Waals surface area contributed by atoms with Gasteiger partial charge in [-0.05, 0) is 43.4 Å². The van der Waals surface area contributed by atoms with Crippen molar-refractivity contribution < 1.29 is 14.7 Å². The van der Waals surface area contributed by atoms with Gasteiger partial charge in [-0.2, -0.15) is 0 Å². The Morgan fingerprint density at radius 2 is 2.04 bits per heavy atom. The summed E-state index contributed by atoms with van der Waals surface area (Å²) in [5.41, 5.74) is 3.70. The summed E-state index contributed by atoms with van der Waals surface area (Å²) < 4.78 is 0. The minimum absolute atomic E-state index is 0.0600. The van der Waals surface area contributed by atoms with E-state index in [1.807, 2.05) is 18.0 Å². The topological polar surface area (TPSA) is 97.5 Å². The van der Waals surface area contributed by atoms with E-state index in [1.165, 1.54) is 22.0 Å². The van der Waals surface area contributed by atoms with Crippen molar-refractivity contribution >= 4 is 22.9 Å². The molecule has 0 unspecified atom stereocenters. The van der Waals surface area contributed by atoms with Crippen molar-refractivity contribution in [3.8, 4) is 0 Å². The molecule has 0 bridgehead atoms. The number of para-hydroxylation sites is 1. The van der Waals surface area contributed by atoms with E-state index >= 15 is 0 Å². The van der Waals surface area contributed by atoms with E-state index in [1.54, 1.807) is 0 Å². The van der Waals surface area contributed by atoms with E-state index in [0.29, 0.717) is 13.1 Å². The number of aromatic amines is 1. The van der Waals surface area contributed by atoms with Gasteiger partial charge in [-0.1, -0.05) is 32.0 Å². The number of nitrogens with one attached hydrogen (secondary N) is 3. The van der Waals surface area contributed by atoms with Gasteiger partial charge in [0.1, 0.15) is 0 Å². The molecule has 1 aliphatic carbocycles. The third-order valence-electron chi connectivity index (χ3n) is 5.66. The molecular formula is C21H30N4O3. The van der Waals surface area contributed by atoms with Gasteiger partial charge < -0.3 is 20.7 Å². The molecule has 2 amide bonds. The van der Waals surface area contributed by atoms with E-state index in [9.17, 15) is 9.59 Å². The molecule has 152 valence electrons. The lowest BCUT2D eigenvalue weighted by atomic mass is 9.85. The number of aliphatic carboxylic acids is 1. The van der Waals surface area contributed by atoms with E-state index in [-0.39, 0.29) is 24.7 Å². The molecule has 7 nitrogen and oxygen atoms in total. The second-order valence-corrected chi connectivity index (χ2v) is 7.44. The van der Waals surface area contributed by atoms with E-state index < -0.39 is 5.97 Å². The Labute approximate surface area is 165 Å². The molecular weight excluding hydrogens is 356 g/mol. The molecule has 1 saturated carbocycles. The van der Waals surface area contributed by atoms with Crippen LogP contribution < -0.4 is 10.6 Å². The summed E-state index contributed by atoms with van der Waals surface area (Å²) in [6, 6.07) is 6.54. The zero-order chi connectivity index (χ0) is 20.1. The maximum Gasteiger partial charge on any atom is 0.317 e. The van der Waals surface area contributed by atoms with E-state index in [0.717, 1.165) is 25.7 Å². The van der Waals surface area contributed by atoms with Gasteiger partial charge >= 0.3 is 12.0 Å². The van der Waals surface area contributed by atoms with Crippen molar-refractivity contribution in [2.24, 2.45) is 0 Å². The van der Waals surface area contributed by atoms with E-state index in [4.69, 9.17) is 5.11 Å². The summed E-state index contributed by atoms with van der Waals surface area (Å²) >= 11 is 0. The molecule has 4 N–H and O–H groups in total. The first-order chi connectivity index (χ1) is 13.5. The number of carboxylic acid groups (broad SMARTS) is 1. The number of likely N-dealkylation sites (N-methyl/N-ethyl adjacent to an activating group) is 1. The van der Waals surface area contributed by atoms with Crippen LogP contribution in [0.15, 0.2) is 24.4 Å². The smallest absolute Gasteiger partial charge is 0.317 e. The van der Waals surface area contributed by atoms with Crippen LogP contribution in [0, 0.1) is 0 Å². The van der Waals surface area contributed by atoms with Gasteiger partial charge in [-0.3, -0.25) is 9.69 Å². The lowest BCUT2D eigenvalue weighted by molar-refractivity contribution is -0.139. The number of urea groups is 1.